The van der Waals surface area contributed by atoms with Crippen LogP contribution in [0.1, 0.15) is 16.7 Å². The molecule has 0 radical (unpaired) electrons. The third-order valence-corrected chi connectivity index (χ3v) is 3.94. The molecule has 0 fully saturated rings. The zero-order valence-corrected chi connectivity index (χ0v) is 15.9. The Morgan fingerprint density at radius 3 is 1.56 bits per heavy atom. The number of esters is 2. The van der Waals surface area contributed by atoms with Crippen molar-refractivity contribution in [1.82, 2.24) is 0 Å². The molecule has 5 nitrogen and oxygen atoms in total. The Morgan fingerprint density at radius 1 is 0.741 bits per heavy atom. The SMILES string of the molecule is COC(=O)C(=Cc1ccc(/C=C/c2ccc(N(C)C)cc2)cc1)C(=O)OC. The fourth-order valence-corrected chi connectivity index (χ4v) is 2.37. The van der Waals surface area contributed by atoms with Crippen LogP contribution in [0, 0.1) is 0 Å². The molecule has 0 spiro atoms. The molecule has 0 heterocycles. The Kier molecular flexibility index (Phi) is 6.94. The molecule has 0 saturated heterocycles. The van der Waals surface area contributed by atoms with Crippen molar-refractivity contribution in [2.75, 3.05) is 33.2 Å². The van der Waals surface area contributed by atoms with Crippen LogP contribution in [0.5, 0.6) is 0 Å². The van der Waals surface area contributed by atoms with E-state index in [1.54, 1.807) is 0 Å². The van der Waals surface area contributed by atoms with Crippen LogP contribution in [0.4, 0.5) is 5.69 Å². The van der Waals surface area contributed by atoms with E-state index in [1.807, 2.05) is 50.5 Å². The zero-order chi connectivity index (χ0) is 19.8. The molecule has 0 saturated carbocycles. The second-order valence-corrected chi connectivity index (χ2v) is 6.03. The molecule has 0 atom stereocenters. The quantitative estimate of drug-likeness (QED) is 0.257. The van der Waals surface area contributed by atoms with Crippen LogP contribution >= 0.6 is 0 Å². The van der Waals surface area contributed by atoms with Gasteiger partial charge in [0, 0.05) is 19.8 Å². The van der Waals surface area contributed by atoms with Gasteiger partial charge >= 0.3 is 11.9 Å². The van der Waals surface area contributed by atoms with Gasteiger partial charge in [-0.25, -0.2) is 9.59 Å². The average molecular weight is 365 g/mol. The molecule has 140 valence electrons. The molecule has 0 bridgehead atoms. The van der Waals surface area contributed by atoms with E-state index in [2.05, 4.69) is 38.6 Å². The molecule has 0 N–H and O–H groups in total. The molecule has 27 heavy (non-hydrogen) atoms. The Labute approximate surface area is 159 Å². The highest BCUT2D eigenvalue weighted by molar-refractivity contribution is 6.17. The fourth-order valence-electron chi connectivity index (χ4n) is 2.37. The lowest BCUT2D eigenvalue weighted by atomic mass is 10.1. The second kappa shape index (κ2) is 9.38. The normalized spacial score (nSPS) is 10.4. The summed E-state index contributed by atoms with van der Waals surface area (Å²) < 4.78 is 9.24. The van der Waals surface area contributed by atoms with Gasteiger partial charge in [0.15, 0.2) is 0 Å². The lowest BCUT2D eigenvalue weighted by Gasteiger charge is -2.11. The summed E-state index contributed by atoms with van der Waals surface area (Å²) in [4.78, 5) is 25.5. The molecule has 0 aliphatic carbocycles. The van der Waals surface area contributed by atoms with Crippen LogP contribution in [-0.4, -0.2) is 40.3 Å². The van der Waals surface area contributed by atoms with Gasteiger partial charge in [-0.05, 0) is 34.9 Å². The van der Waals surface area contributed by atoms with Crippen LogP contribution in [0.25, 0.3) is 18.2 Å². The van der Waals surface area contributed by atoms with Gasteiger partial charge < -0.3 is 14.4 Å². The van der Waals surface area contributed by atoms with Crippen molar-refractivity contribution in [3.8, 4) is 0 Å². The Balaban J connectivity index is 2.15. The number of nitrogens with zero attached hydrogens (tertiary/aromatic N) is 1. The van der Waals surface area contributed by atoms with Crippen LogP contribution in [-0.2, 0) is 19.1 Å². The molecule has 5 heteroatoms. The largest absolute Gasteiger partial charge is 0.465 e. The standard InChI is InChI=1S/C22H23NO4/c1-23(2)19-13-11-17(12-14-19)6-5-16-7-9-18(10-8-16)15-20(21(24)26-3)22(25)27-4/h5-15H,1-4H3/b6-5+. The predicted molar refractivity (Wildman–Crippen MR) is 108 cm³/mol. The summed E-state index contributed by atoms with van der Waals surface area (Å²) in [6, 6.07) is 15.7. The summed E-state index contributed by atoms with van der Waals surface area (Å²) in [6.45, 7) is 0. The first-order valence-electron chi connectivity index (χ1n) is 8.38. The van der Waals surface area contributed by atoms with E-state index in [-0.39, 0.29) is 5.57 Å². The van der Waals surface area contributed by atoms with Crippen LogP contribution in [0.15, 0.2) is 54.1 Å². The Morgan fingerprint density at radius 2 is 1.15 bits per heavy atom. The van der Waals surface area contributed by atoms with E-state index in [1.165, 1.54) is 20.3 Å². The number of carbonyl (C=O) groups is 2. The second-order valence-electron chi connectivity index (χ2n) is 6.03. The smallest absolute Gasteiger partial charge is 0.345 e. The molecule has 2 aromatic rings. The summed E-state index contributed by atoms with van der Waals surface area (Å²) in [5.74, 6) is -1.46. The highest BCUT2D eigenvalue weighted by Crippen LogP contribution is 2.16. The molecule has 0 amide bonds. The van der Waals surface area contributed by atoms with Gasteiger partial charge in [-0.3, -0.25) is 0 Å². The van der Waals surface area contributed by atoms with Crippen LogP contribution in [0.3, 0.4) is 0 Å². The fraction of sp³-hybridized carbons (Fsp3) is 0.182. The van der Waals surface area contributed by atoms with Crippen molar-refractivity contribution in [1.29, 1.82) is 0 Å². The van der Waals surface area contributed by atoms with Crippen molar-refractivity contribution in [3.05, 3.63) is 70.8 Å². The van der Waals surface area contributed by atoms with Gasteiger partial charge in [0.25, 0.3) is 0 Å². The molecule has 0 unspecified atom stereocenters. The van der Waals surface area contributed by atoms with E-state index < -0.39 is 11.9 Å². The van der Waals surface area contributed by atoms with E-state index in [0.29, 0.717) is 5.56 Å². The van der Waals surface area contributed by atoms with Crippen molar-refractivity contribution in [3.63, 3.8) is 0 Å². The lowest BCUT2D eigenvalue weighted by molar-refractivity contribution is -0.143. The topological polar surface area (TPSA) is 55.8 Å². The van der Waals surface area contributed by atoms with Crippen LogP contribution < -0.4 is 4.90 Å². The molecular weight excluding hydrogens is 342 g/mol. The number of carbonyl (C=O) groups excluding carboxylic acids is 2. The first-order chi connectivity index (χ1) is 12.9. The lowest BCUT2D eigenvalue weighted by Crippen LogP contribution is -2.15. The van der Waals surface area contributed by atoms with Crippen molar-refractivity contribution in [2.24, 2.45) is 0 Å². The summed E-state index contributed by atoms with van der Waals surface area (Å²) in [7, 11) is 6.45. The molecule has 2 rings (SSSR count). The first kappa shape index (κ1) is 20.0. The minimum Gasteiger partial charge on any atom is -0.465 e. The summed E-state index contributed by atoms with van der Waals surface area (Å²) in [5, 5.41) is 0. The maximum absolute atomic E-state index is 11.7. The van der Waals surface area contributed by atoms with E-state index in [0.717, 1.165) is 16.8 Å². The molecule has 0 aliphatic rings. The molecule has 0 aromatic heterocycles. The minimum absolute atomic E-state index is 0.149. The van der Waals surface area contributed by atoms with Gasteiger partial charge in [-0.1, -0.05) is 48.6 Å². The maximum atomic E-state index is 11.7. The number of benzene rings is 2. The molecular formula is C22H23NO4. The third kappa shape index (κ3) is 5.57. The minimum atomic E-state index is -0.730. The highest BCUT2D eigenvalue weighted by atomic mass is 16.5. The van der Waals surface area contributed by atoms with Gasteiger partial charge in [0.05, 0.1) is 14.2 Å². The van der Waals surface area contributed by atoms with Gasteiger partial charge in [0.1, 0.15) is 5.57 Å². The van der Waals surface area contributed by atoms with Crippen molar-refractivity contribution < 1.29 is 19.1 Å². The average Bonchev–Trinajstić information content (AvgIpc) is 2.70. The van der Waals surface area contributed by atoms with Crippen molar-refractivity contribution >= 4 is 35.9 Å². The summed E-state index contributed by atoms with van der Waals surface area (Å²) >= 11 is 0. The number of methoxy groups -OCH3 is 2. The number of hydrogen-bond acceptors (Lipinski definition) is 5. The van der Waals surface area contributed by atoms with Gasteiger partial charge in [-0.15, -0.1) is 0 Å². The van der Waals surface area contributed by atoms with Gasteiger partial charge in [0.2, 0.25) is 0 Å². The van der Waals surface area contributed by atoms with Crippen LogP contribution in [0.2, 0.25) is 0 Å². The third-order valence-electron chi connectivity index (χ3n) is 3.94. The number of hydrogen-bond donors (Lipinski definition) is 0. The zero-order valence-electron chi connectivity index (χ0n) is 15.9. The maximum Gasteiger partial charge on any atom is 0.345 e. The van der Waals surface area contributed by atoms with E-state index in [9.17, 15) is 9.59 Å². The first-order valence-corrected chi connectivity index (χ1v) is 8.38. The molecule has 0 aliphatic heterocycles. The Hall–Kier alpha value is -3.34. The number of anilines is 1. The van der Waals surface area contributed by atoms with Gasteiger partial charge in [-0.2, -0.15) is 0 Å². The monoisotopic (exact) mass is 365 g/mol. The Bertz CT molecular complexity index is 829. The summed E-state index contributed by atoms with van der Waals surface area (Å²) in [6.07, 6.45) is 5.48. The highest BCUT2D eigenvalue weighted by Gasteiger charge is 2.19. The summed E-state index contributed by atoms with van der Waals surface area (Å²) in [5.41, 5.74) is 3.80. The van der Waals surface area contributed by atoms with E-state index in [4.69, 9.17) is 0 Å². The molecule has 2 aromatic carbocycles. The van der Waals surface area contributed by atoms with Crippen molar-refractivity contribution in [2.45, 2.75) is 0 Å². The number of ether oxygens (including phenoxy) is 2. The number of rotatable bonds is 6. The van der Waals surface area contributed by atoms with E-state index >= 15 is 0 Å². The predicted octanol–water partition coefficient (Wildman–Crippen LogP) is 3.65.